The van der Waals surface area contributed by atoms with E-state index < -0.39 is 5.41 Å². The Morgan fingerprint density at radius 2 is 2.11 bits per heavy atom. The first-order valence-electron chi connectivity index (χ1n) is 6.56. The minimum Gasteiger partial charge on any atom is -0.361 e. The summed E-state index contributed by atoms with van der Waals surface area (Å²) in [6.07, 6.45) is 2.91. The summed E-state index contributed by atoms with van der Waals surface area (Å²) in [5.74, 6) is -0.128. The van der Waals surface area contributed by atoms with E-state index in [1.54, 1.807) is 6.07 Å². The van der Waals surface area contributed by atoms with Gasteiger partial charge in [-0.1, -0.05) is 0 Å². The zero-order chi connectivity index (χ0) is 13.6. The number of halogens is 1. The Labute approximate surface area is 111 Å². The molecule has 1 aliphatic heterocycles. The van der Waals surface area contributed by atoms with Crippen molar-refractivity contribution in [2.24, 2.45) is 0 Å². The van der Waals surface area contributed by atoms with Crippen molar-refractivity contribution in [2.75, 3.05) is 13.1 Å². The minimum atomic E-state index is -0.587. The van der Waals surface area contributed by atoms with Crippen LogP contribution in [0.15, 0.2) is 24.4 Å². The second-order valence-corrected chi connectivity index (χ2v) is 5.66. The average molecular weight is 260 g/mol. The molecule has 1 N–H and O–H groups in total. The summed E-state index contributed by atoms with van der Waals surface area (Å²) >= 11 is 0. The zero-order valence-corrected chi connectivity index (χ0v) is 11.2. The molecule has 0 unspecified atom stereocenters. The molecule has 0 saturated carbocycles. The van der Waals surface area contributed by atoms with E-state index in [1.165, 1.54) is 12.1 Å². The van der Waals surface area contributed by atoms with Crippen LogP contribution in [0.25, 0.3) is 10.9 Å². The summed E-state index contributed by atoms with van der Waals surface area (Å²) in [4.78, 5) is 17.4. The second kappa shape index (κ2) is 4.08. The number of hydrogen-bond acceptors (Lipinski definition) is 1. The summed E-state index contributed by atoms with van der Waals surface area (Å²) in [6, 6.07) is 4.63. The third-order valence-electron chi connectivity index (χ3n) is 4.00. The van der Waals surface area contributed by atoms with E-state index in [4.69, 9.17) is 0 Å². The summed E-state index contributed by atoms with van der Waals surface area (Å²) in [5, 5.41) is 0.917. The quantitative estimate of drug-likeness (QED) is 0.885. The van der Waals surface area contributed by atoms with Crippen molar-refractivity contribution in [1.82, 2.24) is 9.88 Å². The first kappa shape index (κ1) is 12.2. The minimum absolute atomic E-state index is 0.143. The van der Waals surface area contributed by atoms with Crippen LogP contribution in [0.1, 0.15) is 25.8 Å². The molecule has 2 heterocycles. The highest BCUT2D eigenvalue weighted by atomic mass is 19.1. The smallest absolute Gasteiger partial charge is 0.232 e. The first-order chi connectivity index (χ1) is 9.00. The molecular formula is C15H17FN2O. The molecule has 0 bridgehead atoms. The highest BCUT2D eigenvalue weighted by Gasteiger charge is 2.37. The van der Waals surface area contributed by atoms with E-state index in [0.717, 1.165) is 36.0 Å². The lowest BCUT2D eigenvalue weighted by atomic mass is 9.82. The van der Waals surface area contributed by atoms with Crippen LogP contribution in [-0.2, 0) is 10.2 Å². The van der Waals surface area contributed by atoms with Gasteiger partial charge in [-0.2, -0.15) is 0 Å². The molecule has 0 radical (unpaired) electrons. The van der Waals surface area contributed by atoms with Crippen molar-refractivity contribution in [2.45, 2.75) is 25.7 Å². The van der Waals surface area contributed by atoms with Gasteiger partial charge in [-0.25, -0.2) is 4.39 Å². The van der Waals surface area contributed by atoms with Crippen molar-refractivity contribution in [3.05, 3.63) is 35.8 Å². The molecule has 3 nitrogen and oxygen atoms in total. The summed E-state index contributed by atoms with van der Waals surface area (Å²) in [7, 11) is 0. The summed E-state index contributed by atoms with van der Waals surface area (Å²) in [5.41, 5.74) is 1.08. The highest BCUT2D eigenvalue weighted by molar-refractivity contribution is 5.94. The van der Waals surface area contributed by atoms with Gasteiger partial charge in [0, 0.05) is 30.2 Å². The van der Waals surface area contributed by atoms with Crippen LogP contribution in [0.2, 0.25) is 0 Å². The number of amides is 1. The van der Waals surface area contributed by atoms with E-state index in [9.17, 15) is 9.18 Å². The molecule has 19 heavy (non-hydrogen) atoms. The van der Waals surface area contributed by atoms with Gasteiger partial charge in [-0.3, -0.25) is 4.79 Å². The Bertz CT molecular complexity index is 641. The third-order valence-corrected chi connectivity index (χ3v) is 4.00. The fourth-order valence-corrected chi connectivity index (χ4v) is 2.65. The van der Waals surface area contributed by atoms with Gasteiger partial charge in [-0.15, -0.1) is 0 Å². The molecule has 1 aliphatic rings. The van der Waals surface area contributed by atoms with Crippen LogP contribution in [0.3, 0.4) is 0 Å². The number of nitrogens with one attached hydrogen (secondary N) is 1. The van der Waals surface area contributed by atoms with Gasteiger partial charge < -0.3 is 9.88 Å². The Kier molecular flexibility index (Phi) is 2.62. The maximum atomic E-state index is 13.2. The molecular weight excluding hydrogens is 243 g/mol. The van der Waals surface area contributed by atoms with Crippen LogP contribution in [-0.4, -0.2) is 28.9 Å². The molecule has 1 fully saturated rings. The predicted octanol–water partition coefficient (Wildman–Crippen LogP) is 2.82. The monoisotopic (exact) mass is 260 g/mol. The second-order valence-electron chi connectivity index (χ2n) is 5.66. The zero-order valence-electron chi connectivity index (χ0n) is 11.2. The van der Waals surface area contributed by atoms with Gasteiger partial charge in [-0.05, 0) is 44.0 Å². The molecule has 0 spiro atoms. The molecule has 4 heteroatoms. The Morgan fingerprint density at radius 3 is 2.74 bits per heavy atom. The molecule has 1 amide bonds. The van der Waals surface area contributed by atoms with E-state index >= 15 is 0 Å². The summed E-state index contributed by atoms with van der Waals surface area (Å²) in [6.45, 7) is 5.55. The Hall–Kier alpha value is -1.84. The lowest BCUT2D eigenvalue weighted by molar-refractivity contribution is -0.139. The Morgan fingerprint density at radius 1 is 1.37 bits per heavy atom. The average Bonchev–Trinajstić information content (AvgIpc) is 2.69. The number of fused-ring (bicyclic) bond motifs is 1. The predicted molar refractivity (Wildman–Crippen MR) is 72.5 cm³/mol. The van der Waals surface area contributed by atoms with Crippen molar-refractivity contribution in [3.63, 3.8) is 0 Å². The fraction of sp³-hybridized carbons (Fsp3) is 0.400. The van der Waals surface area contributed by atoms with Crippen molar-refractivity contribution in [3.8, 4) is 0 Å². The maximum absolute atomic E-state index is 13.2. The number of rotatable bonds is 2. The molecule has 1 aromatic heterocycles. The van der Waals surface area contributed by atoms with E-state index in [0.29, 0.717) is 0 Å². The van der Waals surface area contributed by atoms with Gasteiger partial charge in [0.1, 0.15) is 5.82 Å². The third kappa shape index (κ3) is 1.82. The number of likely N-dealkylation sites (tertiary alicyclic amines) is 1. The van der Waals surface area contributed by atoms with Gasteiger partial charge in [0.15, 0.2) is 0 Å². The van der Waals surface area contributed by atoms with Gasteiger partial charge in [0.25, 0.3) is 0 Å². The molecule has 0 aliphatic carbocycles. The summed E-state index contributed by atoms with van der Waals surface area (Å²) < 4.78 is 13.2. The molecule has 1 saturated heterocycles. The fourth-order valence-electron chi connectivity index (χ4n) is 2.65. The van der Waals surface area contributed by atoms with Crippen molar-refractivity contribution >= 4 is 16.8 Å². The Balaban J connectivity index is 2.04. The number of H-pyrrole nitrogens is 1. The van der Waals surface area contributed by atoms with Gasteiger partial charge >= 0.3 is 0 Å². The van der Waals surface area contributed by atoms with Crippen LogP contribution >= 0.6 is 0 Å². The van der Waals surface area contributed by atoms with Crippen LogP contribution in [0.5, 0.6) is 0 Å². The largest absolute Gasteiger partial charge is 0.361 e. The molecule has 2 aromatic rings. The number of carbonyl (C=O) groups excluding carboxylic acids is 1. The van der Waals surface area contributed by atoms with E-state index in [1.807, 2.05) is 24.9 Å². The lowest BCUT2D eigenvalue weighted by Gasteiger charge is -2.37. The number of hydrogen-bond donors (Lipinski definition) is 1. The molecule has 1 aromatic carbocycles. The van der Waals surface area contributed by atoms with Crippen LogP contribution in [0, 0.1) is 5.82 Å². The van der Waals surface area contributed by atoms with E-state index in [-0.39, 0.29) is 11.7 Å². The van der Waals surface area contributed by atoms with E-state index in [2.05, 4.69) is 4.98 Å². The number of benzene rings is 1. The molecule has 100 valence electrons. The molecule has 0 atom stereocenters. The van der Waals surface area contributed by atoms with Crippen LogP contribution in [0.4, 0.5) is 4.39 Å². The number of carbonyl (C=O) groups is 1. The number of nitrogens with zero attached hydrogens (tertiary/aromatic N) is 1. The van der Waals surface area contributed by atoms with Crippen LogP contribution < -0.4 is 0 Å². The standard InChI is InChI=1S/C15H17FN2O/c1-15(2,14(19)18-6-3-7-18)12-9-17-13-8-10(16)4-5-11(12)13/h4-5,8-9,17H,3,6-7H2,1-2H3. The first-order valence-corrected chi connectivity index (χ1v) is 6.56. The normalized spacial score (nSPS) is 15.6. The number of aromatic nitrogens is 1. The van der Waals surface area contributed by atoms with Gasteiger partial charge in [0.2, 0.25) is 5.91 Å². The lowest BCUT2D eigenvalue weighted by Crippen LogP contribution is -2.50. The van der Waals surface area contributed by atoms with Crippen molar-refractivity contribution < 1.29 is 9.18 Å². The highest BCUT2D eigenvalue weighted by Crippen LogP contribution is 2.33. The topological polar surface area (TPSA) is 36.1 Å². The SMILES string of the molecule is CC(C)(C(=O)N1CCC1)c1c[nH]c2cc(F)ccc12. The maximum Gasteiger partial charge on any atom is 0.232 e. The van der Waals surface area contributed by atoms with Crippen molar-refractivity contribution in [1.29, 1.82) is 0 Å². The number of aromatic amines is 1. The van der Waals surface area contributed by atoms with Gasteiger partial charge in [0.05, 0.1) is 5.41 Å². The molecule has 3 rings (SSSR count).